The van der Waals surface area contributed by atoms with Gasteiger partial charge in [-0.3, -0.25) is 9.59 Å². The topological polar surface area (TPSA) is 58.6 Å². The summed E-state index contributed by atoms with van der Waals surface area (Å²) in [6.07, 6.45) is 8.63. The van der Waals surface area contributed by atoms with Crippen molar-refractivity contribution in [1.29, 1.82) is 0 Å². The van der Waals surface area contributed by atoms with Crippen LogP contribution >= 0.6 is 0 Å². The van der Waals surface area contributed by atoms with Gasteiger partial charge in [0.25, 0.3) is 5.91 Å². The van der Waals surface area contributed by atoms with Gasteiger partial charge in [0, 0.05) is 24.7 Å². The molecule has 1 aliphatic heterocycles. The minimum absolute atomic E-state index is 0.0402. The highest BCUT2D eigenvalue weighted by Gasteiger charge is 2.21. The standard InChI is InChI=1S/C19H26N2O3/c22-18(20-15-6-3-1-2-4-7-15)14-24-17-11-9-16(10-12-17)21-13-5-8-19(21)23/h9-12,15H,1-8,13-14H2,(H,20,22). The van der Waals surface area contributed by atoms with Crippen LogP contribution in [-0.2, 0) is 9.59 Å². The summed E-state index contributed by atoms with van der Waals surface area (Å²) in [6.45, 7) is 0.821. The number of nitrogens with zero attached hydrogens (tertiary/aromatic N) is 1. The summed E-state index contributed by atoms with van der Waals surface area (Å²) in [7, 11) is 0. The molecule has 1 saturated carbocycles. The van der Waals surface area contributed by atoms with E-state index in [9.17, 15) is 9.59 Å². The molecule has 1 aromatic carbocycles. The zero-order valence-electron chi connectivity index (χ0n) is 14.1. The highest BCUT2D eigenvalue weighted by Crippen LogP contribution is 2.24. The van der Waals surface area contributed by atoms with Crippen LogP contribution in [0.25, 0.3) is 0 Å². The molecule has 1 aliphatic carbocycles. The van der Waals surface area contributed by atoms with E-state index in [1.165, 1.54) is 25.7 Å². The van der Waals surface area contributed by atoms with Crippen molar-refractivity contribution in [2.24, 2.45) is 0 Å². The molecule has 1 aromatic rings. The monoisotopic (exact) mass is 330 g/mol. The second-order valence-electron chi connectivity index (χ2n) is 6.69. The number of carbonyl (C=O) groups is 2. The molecule has 2 aliphatic rings. The SMILES string of the molecule is O=C(COc1ccc(N2CCCC2=O)cc1)NC1CCCCCC1. The highest BCUT2D eigenvalue weighted by atomic mass is 16.5. The highest BCUT2D eigenvalue weighted by molar-refractivity contribution is 5.95. The Hall–Kier alpha value is -2.04. The molecule has 0 aromatic heterocycles. The van der Waals surface area contributed by atoms with Gasteiger partial charge in [0.05, 0.1) is 0 Å². The number of hydrogen-bond acceptors (Lipinski definition) is 3. The Kier molecular flexibility index (Phi) is 5.72. The van der Waals surface area contributed by atoms with Gasteiger partial charge in [-0.15, -0.1) is 0 Å². The number of anilines is 1. The average Bonchev–Trinajstić information content (AvgIpc) is 2.86. The van der Waals surface area contributed by atoms with E-state index in [0.717, 1.165) is 31.5 Å². The predicted octanol–water partition coefficient (Wildman–Crippen LogP) is 3.03. The summed E-state index contributed by atoms with van der Waals surface area (Å²) in [5.74, 6) is 0.772. The first-order valence-corrected chi connectivity index (χ1v) is 9.05. The van der Waals surface area contributed by atoms with Gasteiger partial charge in [-0.1, -0.05) is 25.7 Å². The van der Waals surface area contributed by atoms with Gasteiger partial charge in [-0.25, -0.2) is 0 Å². The summed E-state index contributed by atoms with van der Waals surface area (Å²) in [5, 5.41) is 3.07. The molecule has 130 valence electrons. The maximum atomic E-state index is 12.0. The third-order valence-corrected chi connectivity index (χ3v) is 4.81. The molecule has 1 saturated heterocycles. The number of ether oxygens (including phenoxy) is 1. The molecule has 24 heavy (non-hydrogen) atoms. The Morgan fingerprint density at radius 3 is 2.42 bits per heavy atom. The normalized spacial score (nSPS) is 19.2. The Morgan fingerprint density at radius 1 is 1.08 bits per heavy atom. The first-order chi connectivity index (χ1) is 11.7. The number of nitrogens with one attached hydrogen (secondary N) is 1. The van der Waals surface area contributed by atoms with Crippen molar-refractivity contribution in [2.45, 2.75) is 57.4 Å². The van der Waals surface area contributed by atoms with Crippen LogP contribution in [0.15, 0.2) is 24.3 Å². The van der Waals surface area contributed by atoms with Crippen LogP contribution in [0.1, 0.15) is 51.4 Å². The van der Waals surface area contributed by atoms with Gasteiger partial charge in [0.15, 0.2) is 6.61 Å². The maximum Gasteiger partial charge on any atom is 0.258 e. The lowest BCUT2D eigenvalue weighted by Gasteiger charge is -2.17. The number of hydrogen-bond donors (Lipinski definition) is 1. The van der Waals surface area contributed by atoms with Crippen LogP contribution in [0.2, 0.25) is 0 Å². The van der Waals surface area contributed by atoms with E-state index in [4.69, 9.17) is 4.74 Å². The van der Waals surface area contributed by atoms with Crippen LogP contribution in [0.4, 0.5) is 5.69 Å². The summed E-state index contributed by atoms with van der Waals surface area (Å²) in [4.78, 5) is 25.6. The molecule has 0 bridgehead atoms. The minimum atomic E-state index is -0.0549. The summed E-state index contributed by atoms with van der Waals surface area (Å²) >= 11 is 0. The van der Waals surface area contributed by atoms with Crippen molar-refractivity contribution >= 4 is 17.5 Å². The quantitative estimate of drug-likeness (QED) is 0.844. The van der Waals surface area contributed by atoms with Crippen molar-refractivity contribution in [3.63, 3.8) is 0 Å². The second-order valence-corrected chi connectivity index (χ2v) is 6.69. The summed E-state index contributed by atoms with van der Waals surface area (Å²) in [5.41, 5.74) is 0.896. The second kappa shape index (κ2) is 8.18. The lowest BCUT2D eigenvalue weighted by molar-refractivity contribution is -0.124. The molecule has 1 N–H and O–H groups in total. The molecular formula is C19H26N2O3. The van der Waals surface area contributed by atoms with E-state index in [1.807, 2.05) is 24.3 Å². The molecule has 5 heteroatoms. The Balaban J connectivity index is 1.45. The number of benzene rings is 1. The zero-order chi connectivity index (χ0) is 16.8. The Morgan fingerprint density at radius 2 is 1.79 bits per heavy atom. The van der Waals surface area contributed by atoms with Gasteiger partial charge in [0.2, 0.25) is 5.91 Å². The largest absolute Gasteiger partial charge is 0.484 e. The smallest absolute Gasteiger partial charge is 0.258 e. The van der Waals surface area contributed by atoms with Crippen LogP contribution in [0.5, 0.6) is 5.75 Å². The van der Waals surface area contributed by atoms with E-state index in [1.54, 1.807) is 4.90 Å². The Bertz CT molecular complexity index is 562. The van der Waals surface area contributed by atoms with Gasteiger partial charge in [-0.05, 0) is 43.5 Å². The number of carbonyl (C=O) groups excluding carboxylic acids is 2. The first-order valence-electron chi connectivity index (χ1n) is 9.05. The predicted molar refractivity (Wildman–Crippen MR) is 93.2 cm³/mol. The molecule has 0 radical (unpaired) electrons. The van der Waals surface area contributed by atoms with E-state index >= 15 is 0 Å². The Labute approximate surface area is 143 Å². The van der Waals surface area contributed by atoms with Crippen LogP contribution in [-0.4, -0.2) is 31.0 Å². The van der Waals surface area contributed by atoms with Crippen LogP contribution in [0, 0.1) is 0 Å². The number of amides is 2. The van der Waals surface area contributed by atoms with E-state index < -0.39 is 0 Å². The van der Waals surface area contributed by atoms with Crippen molar-refractivity contribution in [3.05, 3.63) is 24.3 Å². The molecule has 3 rings (SSSR count). The summed E-state index contributed by atoms with van der Waals surface area (Å²) < 4.78 is 5.57. The van der Waals surface area contributed by atoms with Crippen molar-refractivity contribution < 1.29 is 14.3 Å². The lowest BCUT2D eigenvalue weighted by atomic mass is 10.1. The molecule has 2 amide bonds. The molecule has 0 unspecified atom stereocenters. The van der Waals surface area contributed by atoms with E-state index in [0.29, 0.717) is 18.2 Å². The van der Waals surface area contributed by atoms with Crippen LogP contribution in [0.3, 0.4) is 0 Å². The van der Waals surface area contributed by atoms with E-state index in [-0.39, 0.29) is 18.4 Å². The first kappa shape index (κ1) is 16.8. The van der Waals surface area contributed by atoms with Gasteiger partial charge >= 0.3 is 0 Å². The molecule has 1 heterocycles. The molecule has 5 nitrogen and oxygen atoms in total. The lowest BCUT2D eigenvalue weighted by Crippen LogP contribution is -2.37. The van der Waals surface area contributed by atoms with Crippen LogP contribution < -0.4 is 15.0 Å². The zero-order valence-corrected chi connectivity index (χ0v) is 14.1. The molecule has 0 atom stereocenters. The minimum Gasteiger partial charge on any atom is -0.484 e. The van der Waals surface area contributed by atoms with Crippen molar-refractivity contribution in [1.82, 2.24) is 5.32 Å². The number of rotatable bonds is 5. The average molecular weight is 330 g/mol. The fraction of sp³-hybridized carbons (Fsp3) is 0.579. The molecule has 2 fully saturated rings. The maximum absolute atomic E-state index is 12.0. The van der Waals surface area contributed by atoms with Crippen molar-refractivity contribution in [2.75, 3.05) is 18.1 Å². The molecule has 0 spiro atoms. The molecular weight excluding hydrogens is 304 g/mol. The van der Waals surface area contributed by atoms with Gasteiger partial charge in [0.1, 0.15) is 5.75 Å². The fourth-order valence-electron chi connectivity index (χ4n) is 3.49. The van der Waals surface area contributed by atoms with Gasteiger partial charge < -0.3 is 15.0 Å². The van der Waals surface area contributed by atoms with Crippen molar-refractivity contribution in [3.8, 4) is 5.75 Å². The third-order valence-electron chi connectivity index (χ3n) is 4.81. The summed E-state index contributed by atoms with van der Waals surface area (Å²) in [6, 6.07) is 7.69. The van der Waals surface area contributed by atoms with Gasteiger partial charge in [-0.2, -0.15) is 0 Å². The third kappa shape index (κ3) is 4.49. The van der Waals surface area contributed by atoms with E-state index in [2.05, 4.69) is 5.32 Å². The fourth-order valence-corrected chi connectivity index (χ4v) is 3.49.